The average Bonchev–Trinajstić information content (AvgIpc) is 3.50. The third-order valence-electron chi connectivity index (χ3n) is 9.13. The molecule has 8 amide bonds. The fourth-order valence-corrected chi connectivity index (χ4v) is 6.37. The topological polar surface area (TPSA) is 277 Å². The van der Waals surface area contributed by atoms with E-state index in [2.05, 4.69) is 36.9 Å². The van der Waals surface area contributed by atoms with Crippen LogP contribution in [0.3, 0.4) is 0 Å². The van der Waals surface area contributed by atoms with Crippen molar-refractivity contribution in [1.29, 1.82) is 0 Å². The minimum atomic E-state index is -1.47. The second-order valence-corrected chi connectivity index (χ2v) is 16.3. The van der Waals surface area contributed by atoms with Crippen molar-refractivity contribution in [2.75, 3.05) is 0 Å². The van der Waals surface area contributed by atoms with Gasteiger partial charge in [-0.15, -0.1) is 0 Å². The first-order valence-corrected chi connectivity index (χ1v) is 19.5. The van der Waals surface area contributed by atoms with Crippen LogP contribution in [-0.2, 0) is 44.8 Å². The molecule has 0 unspecified atom stereocenters. The maximum atomic E-state index is 13.9. The summed E-state index contributed by atoms with van der Waals surface area (Å²) in [6, 6.07) is 0.474. The maximum Gasteiger partial charge on any atom is 0.243 e. The number of aromatic amines is 1. The van der Waals surface area contributed by atoms with E-state index in [1.807, 2.05) is 65.8 Å². The molecule has 2 aromatic rings. The molecule has 11 N–H and O–H groups in total. The number of nitrogens with two attached hydrogens (primary N) is 2. The molecule has 17 nitrogen and oxygen atoms in total. The SMILES string of the molecule is CC(=O)N[C@@H](CC(C)C)C(=O)N[C@@H](CC(N)=O)C(=O)N[C@@H](CC(C)C)C(=O)N[C@H](C(=O)N[C@@H](CC(C)C)C(=O)N[C@@H](Cc1c[nH]c2ccccc12)C(N)=O)C(C)C. The molecule has 0 saturated carbocycles. The summed E-state index contributed by atoms with van der Waals surface area (Å²) in [5.41, 5.74) is 12.8. The highest BCUT2D eigenvalue weighted by atomic mass is 16.2. The van der Waals surface area contributed by atoms with Gasteiger partial charge in [-0.2, -0.15) is 0 Å². The summed E-state index contributed by atoms with van der Waals surface area (Å²) < 4.78 is 0. The number of aromatic nitrogens is 1. The van der Waals surface area contributed by atoms with Crippen LogP contribution in [0, 0.1) is 23.7 Å². The quantitative estimate of drug-likeness (QED) is 0.0774. The summed E-state index contributed by atoms with van der Waals surface area (Å²) in [7, 11) is 0. The van der Waals surface area contributed by atoms with Crippen LogP contribution in [0.25, 0.3) is 10.9 Å². The molecule has 0 fully saturated rings. The normalized spacial score (nSPS) is 14.6. The number of primary amides is 2. The van der Waals surface area contributed by atoms with Crippen LogP contribution in [0.4, 0.5) is 0 Å². The van der Waals surface area contributed by atoms with Gasteiger partial charge in [0.2, 0.25) is 47.3 Å². The van der Waals surface area contributed by atoms with Crippen molar-refractivity contribution in [2.24, 2.45) is 35.1 Å². The summed E-state index contributed by atoms with van der Waals surface area (Å²) in [5, 5.41) is 16.7. The lowest BCUT2D eigenvalue weighted by Crippen LogP contribution is -2.61. The first-order chi connectivity index (χ1) is 26.6. The maximum absolute atomic E-state index is 13.9. The monoisotopic (exact) mass is 797 g/mol. The molecule has 0 aliphatic heterocycles. The van der Waals surface area contributed by atoms with E-state index in [0.717, 1.165) is 16.5 Å². The number of para-hydroxylation sites is 1. The van der Waals surface area contributed by atoms with Gasteiger partial charge in [0.15, 0.2) is 0 Å². The molecule has 57 heavy (non-hydrogen) atoms. The number of carbonyl (C=O) groups excluding carboxylic acids is 8. The predicted octanol–water partition coefficient (Wildman–Crippen LogP) is 0.794. The van der Waals surface area contributed by atoms with E-state index in [1.165, 1.54) is 6.92 Å². The van der Waals surface area contributed by atoms with Gasteiger partial charge in [-0.1, -0.05) is 73.6 Å². The Bertz CT molecular complexity index is 1740. The van der Waals surface area contributed by atoms with Crippen LogP contribution in [-0.4, -0.2) is 88.5 Å². The minimum absolute atomic E-state index is 0.000632. The van der Waals surface area contributed by atoms with Crippen molar-refractivity contribution in [3.63, 3.8) is 0 Å². The van der Waals surface area contributed by atoms with Gasteiger partial charge >= 0.3 is 0 Å². The largest absolute Gasteiger partial charge is 0.370 e. The molecule has 0 spiro atoms. The number of rotatable bonds is 23. The minimum Gasteiger partial charge on any atom is -0.370 e. The first-order valence-electron chi connectivity index (χ1n) is 19.5. The standard InChI is InChI=1S/C40H63N9O8/c1-20(2)14-29(44-24(9)50)36(53)47-32(18-33(41)51)38(55)46-31(16-22(5)6)39(56)49-34(23(7)8)40(57)48-30(15-21(3)4)37(54)45-28(35(42)52)17-25-19-43-27-13-11-10-12-26(25)27/h10-13,19-23,28-32,34,43H,14-18H2,1-9H3,(H2,41,51)(H2,42,52)(H,44,50)(H,45,54)(H,46,55)(H,47,53)(H,48,57)(H,49,56)/t28-,29-,30-,31-,32-,34-/m0/s1. The van der Waals surface area contributed by atoms with E-state index < -0.39 is 95.8 Å². The van der Waals surface area contributed by atoms with Crippen molar-refractivity contribution >= 4 is 58.2 Å². The van der Waals surface area contributed by atoms with Gasteiger partial charge in [-0.3, -0.25) is 38.4 Å². The Morgan fingerprint density at radius 3 is 1.49 bits per heavy atom. The number of hydrogen-bond donors (Lipinski definition) is 9. The second-order valence-electron chi connectivity index (χ2n) is 16.3. The molecule has 0 bridgehead atoms. The van der Waals surface area contributed by atoms with E-state index in [-0.39, 0.29) is 43.4 Å². The van der Waals surface area contributed by atoms with Gasteiger partial charge in [-0.25, -0.2) is 0 Å². The molecule has 6 atom stereocenters. The van der Waals surface area contributed by atoms with Crippen LogP contribution in [0.5, 0.6) is 0 Å². The molecule has 2 rings (SSSR count). The lowest BCUT2D eigenvalue weighted by atomic mass is 9.97. The second kappa shape index (κ2) is 22.3. The molecular formula is C40H63N9O8. The summed E-state index contributed by atoms with van der Waals surface area (Å²) in [6.45, 7) is 15.7. The Balaban J connectivity index is 2.27. The number of fused-ring (bicyclic) bond motifs is 1. The highest BCUT2D eigenvalue weighted by Crippen LogP contribution is 2.19. The van der Waals surface area contributed by atoms with Gasteiger partial charge in [0.25, 0.3) is 0 Å². The molecular weight excluding hydrogens is 734 g/mol. The Morgan fingerprint density at radius 1 is 0.579 bits per heavy atom. The highest BCUT2D eigenvalue weighted by molar-refractivity contribution is 5.98. The Morgan fingerprint density at radius 2 is 1.02 bits per heavy atom. The van der Waals surface area contributed by atoms with Crippen molar-refractivity contribution in [2.45, 2.75) is 131 Å². The van der Waals surface area contributed by atoms with Gasteiger partial charge in [0, 0.05) is 30.4 Å². The van der Waals surface area contributed by atoms with Crippen LogP contribution < -0.4 is 43.4 Å². The molecule has 1 aromatic heterocycles. The van der Waals surface area contributed by atoms with Crippen molar-refractivity contribution in [3.05, 3.63) is 36.0 Å². The van der Waals surface area contributed by atoms with Crippen molar-refractivity contribution in [1.82, 2.24) is 36.9 Å². The van der Waals surface area contributed by atoms with Gasteiger partial charge < -0.3 is 48.4 Å². The van der Waals surface area contributed by atoms with Crippen molar-refractivity contribution in [3.8, 4) is 0 Å². The van der Waals surface area contributed by atoms with E-state index in [9.17, 15) is 38.4 Å². The number of hydrogen-bond acceptors (Lipinski definition) is 8. The van der Waals surface area contributed by atoms with Gasteiger partial charge in [0.05, 0.1) is 6.42 Å². The summed E-state index contributed by atoms with van der Waals surface area (Å²) in [6.07, 6.45) is 1.84. The molecule has 0 aliphatic carbocycles. The predicted molar refractivity (Wildman–Crippen MR) is 215 cm³/mol. The molecule has 0 radical (unpaired) electrons. The lowest BCUT2D eigenvalue weighted by Gasteiger charge is -2.29. The van der Waals surface area contributed by atoms with E-state index in [1.54, 1.807) is 20.0 Å². The Kier molecular flexibility index (Phi) is 18.7. The van der Waals surface area contributed by atoms with Gasteiger partial charge in [0.1, 0.15) is 36.3 Å². The number of nitrogens with one attached hydrogen (secondary N) is 7. The third-order valence-corrected chi connectivity index (χ3v) is 9.13. The van der Waals surface area contributed by atoms with Crippen LogP contribution in [0.1, 0.15) is 93.6 Å². The van der Waals surface area contributed by atoms with Crippen LogP contribution >= 0.6 is 0 Å². The smallest absolute Gasteiger partial charge is 0.243 e. The third kappa shape index (κ3) is 15.9. The number of carbonyl (C=O) groups is 8. The van der Waals surface area contributed by atoms with Crippen molar-refractivity contribution < 1.29 is 38.4 Å². The molecule has 1 heterocycles. The van der Waals surface area contributed by atoms with Crippen LogP contribution in [0.15, 0.2) is 30.5 Å². The average molecular weight is 798 g/mol. The fraction of sp³-hybridized carbons (Fsp3) is 0.600. The molecule has 0 saturated heterocycles. The zero-order valence-electron chi connectivity index (χ0n) is 34.6. The number of H-pyrrole nitrogens is 1. The first kappa shape index (κ1) is 47.7. The summed E-state index contributed by atoms with van der Waals surface area (Å²) in [4.78, 5) is 108. The molecule has 0 aliphatic rings. The van der Waals surface area contributed by atoms with E-state index in [0.29, 0.717) is 0 Å². The van der Waals surface area contributed by atoms with E-state index >= 15 is 0 Å². The molecule has 17 heteroatoms. The molecule has 316 valence electrons. The zero-order chi connectivity index (χ0) is 43.1. The summed E-state index contributed by atoms with van der Waals surface area (Å²) >= 11 is 0. The zero-order valence-corrected chi connectivity index (χ0v) is 34.6. The molecule has 1 aromatic carbocycles. The van der Waals surface area contributed by atoms with Crippen LogP contribution in [0.2, 0.25) is 0 Å². The Hall–Kier alpha value is -5.48. The van der Waals surface area contributed by atoms with Gasteiger partial charge in [-0.05, 0) is 54.6 Å². The number of benzene rings is 1. The highest BCUT2D eigenvalue weighted by Gasteiger charge is 2.35. The lowest BCUT2D eigenvalue weighted by molar-refractivity contribution is -0.136. The number of amides is 8. The fourth-order valence-electron chi connectivity index (χ4n) is 6.37. The Labute approximate surface area is 334 Å². The van der Waals surface area contributed by atoms with E-state index in [4.69, 9.17) is 11.5 Å². The summed E-state index contributed by atoms with van der Waals surface area (Å²) in [5.74, 6) is -6.39.